The van der Waals surface area contributed by atoms with Crippen LogP contribution in [0, 0.1) is 0 Å². The number of unbranched alkanes of at least 4 members (excludes halogenated alkanes) is 6. The first kappa shape index (κ1) is 17.8. The van der Waals surface area contributed by atoms with Crippen LogP contribution in [-0.2, 0) is 4.79 Å². The molecule has 3 nitrogen and oxygen atoms in total. The Kier molecular flexibility index (Phi) is 9.56. The second-order valence-electron chi connectivity index (χ2n) is 5.39. The zero-order valence-electron chi connectivity index (χ0n) is 12.1. The lowest BCUT2D eigenvalue weighted by molar-refractivity contribution is -0.139. The van der Waals surface area contributed by atoms with E-state index in [1.807, 2.05) is 13.8 Å². The molecule has 0 heterocycles. The van der Waals surface area contributed by atoms with Crippen molar-refractivity contribution >= 4 is 17.7 Å². The van der Waals surface area contributed by atoms with Crippen molar-refractivity contribution < 1.29 is 9.90 Å². The van der Waals surface area contributed by atoms with Crippen molar-refractivity contribution in [3.63, 3.8) is 0 Å². The largest absolute Gasteiger partial charge is 0.480 e. The van der Waals surface area contributed by atoms with Crippen LogP contribution >= 0.6 is 11.8 Å². The Morgan fingerprint density at radius 2 is 1.67 bits per heavy atom. The molecule has 0 aromatic heterocycles. The van der Waals surface area contributed by atoms with Crippen molar-refractivity contribution in [3.8, 4) is 0 Å². The molecule has 18 heavy (non-hydrogen) atoms. The lowest BCUT2D eigenvalue weighted by Crippen LogP contribution is -2.46. The smallest absolute Gasteiger partial charge is 0.321 e. The van der Waals surface area contributed by atoms with Gasteiger partial charge in [0.15, 0.2) is 0 Å². The summed E-state index contributed by atoms with van der Waals surface area (Å²) in [5.74, 6) is 0.0916. The van der Waals surface area contributed by atoms with E-state index in [-0.39, 0.29) is 4.75 Å². The highest BCUT2D eigenvalue weighted by atomic mass is 32.2. The third-order valence-corrected chi connectivity index (χ3v) is 4.73. The summed E-state index contributed by atoms with van der Waals surface area (Å²) in [6, 6.07) is -0.785. The van der Waals surface area contributed by atoms with Gasteiger partial charge in [0.05, 0.1) is 0 Å². The maximum atomic E-state index is 10.8. The average molecular weight is 275 g/mol. The number of aliphatic carboxylic acids is 1. The van der Waals surface area contributed by atoms with E-state index in [0.29, 0.717) is 0 Å². The van der Waals surface area contributed by atoms with E-state index in [1.54, 1.807) is 11.8 Å². The van der Waals surface area contributed by atoms with Gasteiger partial charge < -0.3 is 10.8 Å². The number of hydrogen-bond acceptors (Lipinski definition) is 3. The van der Waals surface area contributed by atoms with Gasteiger partial charge in [-0.15, -0.1) is 0 Å². The van der Waals surface area contributed by atoms with Crippen molar-refractivity contribution in [3.05, 3.63) is 0 Å². The van der Waals surface area contributed by atoms with Gasteiger partial charge in [-0.2, -0.15) is 11.8 Å². The number of thioether (sulfide) groups is 1. The lowest BCUT2D eigenvalue weighted by atomic mass is 10.1. The van der Waals surface area contributed by atoms with Gasteiger partial charge >= 0.3 is 5.97 Å². The van der Waals surface area contributed by atoms with Gasteiger partial charge in [0.2, 0.25) is 0 Å². The maximum Gasteiger partial charge on any atom is 0.321 e. The first-order chi connectivity index (χ1) is 8.41. The van der Waals surface area contributed by atoms with Crippen molar-refractivity contribution in [2.24, 2.45) is 5.73 Å². The molecule has 0 saturated carbocycles. The standard InChI is InChI=1S/C14H29NO2S/c1-4-5-6-7-8-9-10-11-18-14(2,3)12(15)13(16)17/h12H,4-11,15H2,1-3H3,(H,16,17)/t12-/m0/s1. The van der Waals surface area contributed by atoms with Crippen LogP contribution in [0.2, 0.25) is 0 Å². The molecule has 108 valence electrons. The molecule has 0 bridgehead atoms. The molecule has 0 aliphatic carbocycles. The van der Waals surface area contributed by atoms with E-state index in [9.17, 15) is 4.79 Å². The Morgan fingerprint density at radius 3 is 2.17 bits per heavy atom. The second kappa shape index (κ2) is 9.68. The van der Waals surface area contributed by atoms with E-state index in [4.69, 9.17) is 10.8 Å². The van der Waals surface area contributed by atoms with Crippen molar-refractivity contribution in [1.82, 2.24) is 0 Å². The van der Waals surface area contributed by atoms with Gasteiger partial charge in [0.25, 0.3) is 0 Å². The van der Waals surface area contributed by atoms with E-state index < -0.39 is 12.0 Å². The van der Waals surface area contributed by atoms with Crippen LogP contribution in [-0.4, -0.2) is 27.6 Å². The Labute approximate surface area is 116 Å². The molecule has 1 atom stereocenters. The quantitative estimate of drug-likeness (QED) is 0.565. The number of carboxylic acid groups (broad SMARTS) is 1. The molecule has 0 aromatic carbocycles. The van der Waals surface area contributed by atoms with E-state index in [0.717, 1.165) is 12.2 Å². The fraction of sp³-hybridized carbons (Fsp3) is 0.929. The predicted molar refractivity (Wildman–Crippen MR) is 80.1 cm³/mol. The Hall–Kier alpha value is -0.220. The summed E-state index contributed by atoms with van der Waals surface area (Å²) in [6.07, 6.45) is 9.01. The Morgan fingerprint density at radius 1 is 1.17 bits per heavy atom. The summed E-state index contributed by atoms with van der Waals surface area (Å²) in [6.45, 7) is 6.06. The third kappa shape index (κ3) is 7.98. The molecule has 0 spiro atoms. The number of carbonyl (C=O) groups is 1. The van der Waals surface area contributed by atoms with Crippen molar-refractivity contribution in [1.29, 1.82) is 0 Å². The minimum atomic E-state index is -0.910. The Bertz CT molecular complexity index is 232. The fourth-order valence-electron chi connectivity index (χ4n) is 1.78. The number of carboxylic acids is 1. The summed E-state index contributed by atoms with van der Waals surface area (Å²) in [7, 11) is 0. The summed E-state index contributed by atoms with van der Waals surface area (Å²) in [5, 5.41) is 8.90. The molecule has 0 aromatic rings. The molecule has 0 amide bonds. The second-order valence-corrected chi connectivity index (χ2v) is 7.14. The first-order valence-corrected chi connectivity index (χ1v) is 8.02. The van der Waals surface area contributed by atoms with Crippen LogP contribution < -0.4 is 5.73 Å². The van der Waals surface area contributed by atoms with Gasteiger partial charge in [0.1, 0.15) is 6.04 Å². The molecule has 0 saturated heterocycles. The van der Waals surface area contributed by atoms with Gasteiger partial charge in [-0.3, -0.25) is 4.79 Å². The molecule has 0 aliphatic rings. The van der Waals surface area contributed by atoms with Crippen LogP contribution in [0.5, 0.6) is 0 Å². The maximum absolute atomic E-state index is 10.8. The average Bonchev–Trinajstić information content (AvgIpc) is 2.31. The van der Waals surface area contributed by atoms with Gasteiger partial charge in [-0.25, -0.2) is 0 Å². The zero-order chi connectivity index (χ0) is 14.0. The van der Waals surface area contributed by atoms with E-state index in [1.165, 1.54) is 38.5 Å². The van der Waals surface area contributed by atoms with Crippen LogP contribution in [0.25, 0.3) is 0 Å². The van der Waals surface area contributed by atoms with E-state index >= 15 is 0 Å². The molecule has 3 N–H and O–H groups in total. The minimum absolute atomic E-state index is 0.381. The topological polar surface area (TPSA) is 63.3 Å². The molecule has 0 radical (unpaired) electrons. The highest BCUT2D eigenvalue weighted by molar-refractivity contribution is 8.00. The molecule has 0 unspecified atom stereocenters. The molecule has 0 fully saturated rings. The van der Waals surface area contributed by atoms with Crippen LogP contribution in [0.3, 0.4) is 0 Å². The monoisotopic (exact) mass is 275 g/mol. The molecule has 0 aliphatic heterocycles. The number of nitrogens with two attached hydrogens (primary N) is 1. The van der Waals surface area contributed by atoms with Crippen LogP contribution in [0.1, 0.15) is 65.7 Å². The third-order valence-electron chi connectivity index (χ3n) is 3.24. The molecular formula is C14H29NO2S. The Balaban J connectivity index is 3.56. The molecule has 4 heteroatoms. The van der Waals surface area contributed by atoms with Gasteiger partial charge in [0, 0.05) is 4.75 Å². The van der Waals surface area contributed by atoms with Crippen LogP contribution in [0.4, 0.5) is 0 Å². The number of hydrogen-bond donors (Lipinski definition) is 2. The van der Waals surface area contributed by atoms with Crippen molar-refractivity contribution in [2.75, 3.05) is 5.75 Å². The summed E-state index contributed by atoms with van der Waals surface area (Å²) >= 11 is 1.68. The molecule has 0 rings (SSSR count). The highest BCUT2D eigenvalue weighted by Gasteiger charge is 2.32. The SMILES string of the molecule is CCCCCCCCCSC(C)(C)[C@@H](N)C(=O)O. The fourth-order valence-corrected chi connectivity index (χ4v) is 2.94. The zero-order valence-corrected chi connectivity index (χ0v) is 12.9. The van der Waals surface area contributed by atoms with Gasteiger partial charge in [-0.05, 0) is 26.0 Å². The predicted octanol–water partition coefficient (Wildman–Crippen LogP) is 3.66. The van der Waals surface area contributed by atoms with E-state index in [2.05, 4.69) is 6.92 Å². The van der Waals surface area contributed by atoms with Crippen LogP contribution in [0.15, 0.2) is 0 Å². The van der Waals surface area contributed by atoms with Gasteiger partial charge in [-0.1, -0.05) is 45.4 Å². The minimum Gasteiger partial charge on any atom is -0.480 e. The summed E-state index contributed by atoms with van der Waals surface area (Å²) < 4.78 is -0.381. The lowest BCUT2D eigenvalue weighted by Gasteiger charge is -2.27. The highest BCUT2D eigenvalue weighted by Crippen LogP contribution is 2.28. The normalized spacial score (nSPS) is 13.6. The van der Waals surface area contributed by atoms with Crippen molar-refractivity contribution in [2.45, 2.75) is 76.5 Å². The number of rotatable bonds is 11. The summed E-state index contributed by atoms with van der Waals surface area (Å²) in [4.78, 5) is 10.8. The summed E-state index contributed by atoms with van der Waals surface area (Å²) in [5.41, 5.74) is 5.67. The molecular weight excluding hydrogens is 246 g/mol. The first-order valence-electron chi connectivity index (χ1n) is 7.04.